The van der Waals surface area contributed by atoms with Gasteiger partial charge in [0.2, 0.25) is 0 Å². The maximum atomic E-state index is 2.47. The molecular weight excluding hydrogens is 144 g/mol. The molecule has 12 heavy (non-hydrogen) atoms. The molecule has 0 N–H and O–H groups in total. The second-order valence-electron chi connectivity index (χ2n) is 4.63. The van der Waals surface area contributed by atoms with Crippen molar-refractivity contribution in [3.8, 4) is 0 Å². The van der Waals surface area contributed by atoms with E-state index >= 15 is 0 Å². The lowest BCUT2D eigenvalue weighted by molar-refractivity contribution is -0.0444. The van der Waals surface area contributed by atoms with Gasteiger partial charge in [-0.05, 0) is 30.1 Å². The minimum atomic E-state index is 0.745. The predicted molar refractivity (Wildman–Crippen MR) is 55.2 cm³/mol. The first-order valence-electron chi connectivity index (χ1n) is 5.70. The largest absolute Gasteiger partial charge is 0.0654 e. The van der Waals surface area contributed by atoms with E-state index in [-0.39, 0.29) is 0 Å². The highest BCUT2D eigenvalue weighted by Gasteiger charge is 2.47. The first kappa shape index (κ1) is 10.1. The van der Waals surface area contributed by atoms with E-state index in [1.807, 2.05) is 0 Å². The molecule has 3 unspecified atom stereocenters. The zero-order chi connectivity index (χ0) is 9.19. The van der Waals surface area contributed by atoms with Crippen molar-refractivity contribution in [3.63, 3.8) is 0 Å². The fourth-order valence-electron chi connectivity index (χ4n) is 3.19. The molecule has 0 radical (unpaired) electrons. The molecule has 0 amide bonds. The molecule has 0 spiro atoms. The molecule has 1 saturated carbocycles. The zero-order valence-electron chi connectivity index (χ0n) is 9.19. The van der Waals surface area contributed by atoms with Crippen molar-refractivity contribution >= 4 is 0 Å². The van der Waals surface area contributed by atoms with Crippen LogP contribution in [0.2, 0.25) is 0 Å². The first-order chi connectivity index (χ1) is 5.70. The van der Waals surface area contributed by atoms with Gasteiger partial charge in [0.25, 0.3) is 0 Å². The van der Waals surface area contributed by atoms with Gasteiger partial charge < -0.3 is 0 Å². The Bertz CT molecular complexity index is 139. The minimum Gasteiger partial charge on any atom is -0.0654 e. The third-order valence-electron chi connectivity index (χ3n) is 4.32. The Morgan fingerprint density at radius 2 is 1.92 bits per heavy atom. The van der Waals surface area contributed by atoms with Crippen LogP contribution in [-0.2, 0) is 0 Å². The molecule has 0 nitrogen and oxygen atoms in total. The maximum absolute atomic E-state index is 2.47. The first-order valence-corrected chi connectivity index (χ1v) is 5.70. The lowest BCUT2D eigenvalue weighted by Gasteiger charge is -2.54. The highest BCUT2D eigenvalue weighted by Crippen LogP contribution is 2.56. The van der Waals surface area contributed by atoms with Crippen molar-refractivity contribution in [1.29, 1.82) is 0 Å². The highest BCUT2D eigenvalue weighted by molar-refractivity contribution is 4.97. The second-order valence-corrected chi connectivity index (χ2v) is 4.63. The third kappa shape index (κ3) is 1.41. The zero-order valence-corrected chi connectivity index (χ0v) is 9.19. The summed E-state index contributed by atoms with van der Waals surface area (Å²) >= 11 is 0. The van der Waals surface area contributed by atoms with Gasteiger partial charge in [0.05, 0.1) is 0 Å². The molecular formula is C12H24. The molecule has 0 saturated heterocycles. The minimum absolute atomic E-state index is 0.745. The monoisotopic (exact) mass is 168 g/mol. The Hall–Kier alpha value is 0. The summed E-state index contributed by atoms with van der Waals surface area (Å²) in [5, 5.41) is 0. The van der Waals surface area contributed by atoms with Crippen LogP contribution in [0, 0.1) is 17.3 Å². The van der Waals surface area contributed by atoms with Crippen molar-refractivity contribution in [3.05, 3.63) is 0 Å². The molecule has 0 heteroatoms. The predicted octanol–water partition coefficient (Wildman–Crippen LogP) is 4.25. The summed E-state index contributed by atoms with van der Waals surface area (Å²) in [4.78, 5) is 0. The fourth-order valence-corrected chi connectivity index (χ4v) is 3.19. The lowest BCUT2D eigenvalue weighted by Crippen LogP contribution is -2.45. The summed E-state index contributed by atoms with van der Waals surface area (Å²) in [6.07, 6.45) is 7.13. The molecule has 1 fully saturated rings. The second kappa shape index (κ2) is 3.81. The van der Waals surface area contributed by atoms with Gasteiger partial charge >= 0.3 is 0 Å². The molecule has 1 aliphatic rings. The van der Waals surface area contributed by atoms with Crippen LogP contribution in [-0.4, -0.2) is 0 Å². The Labute approximate surface area is 77.7 Å². The average Bonchev–Trinajstić information content (AvgIpc) is 2.10. The Kier molecular flexibility index (Phi) is 3.20. The third-order valence-corrected chi connectivity index (χ3v) is 4.32. The maximum Gasteiger partial charge on any atom is -0.0269 e. The Morgan fingerprint density at radius 1 is 1.25 bits per heavy atom. The summed E-state index contributed by atoms with van der Waals surface area (Å²) in [5.74, 6) is 2.03. The van der Waals surface area contributed by atoms with Gasteiger partial charge in [0.1, 0.15) is 0 Å². The fraction of sp³-hybridized carbons (Fsp3) is 1.00. The van der Waals surface area contributed by atoms with E-state index in [9.17, 15) is 0 Å². The number of hydrogen-bond acceptors (Lipinski definition) is 0. The van der Waals surface area contributed by atoms with E-state index in [1.54, 1.807) is 0 Å². The molecule has 1 rings (SSSR count). The molecule has 1 aliphatic carbocycles. The van der Waals surface area contributed by atoms with Crippen molar-refractivity contribution < 1.29 is 0 Å². The Morgan fingerprint density at radius 3 is 2.25 bits per heavy atom. The van der Waals surface area contributed by atoms with E-state index in [0.717, 1.165) is 17.3 Å². The van der Waals surface area contributed by atoms with E-state index < -0.39 is 0 Å². The van der Waals surface area contributed by atoms with Gasteiger partial charge in [-0.25, -0.2) is 0 Å². The van der Waals surface area contributed by atoms with Crippen LogP contribution in [0.15, 0.2) is 0 Å². The summed E-state index contributed by atoms with van der Waals surface area (Å²) < 4.78 is 0. The van der Waals surface area contributed by atoms with Crippen LogP contribution in [0.25, 0.3) is 0 Å². The Balaban J connectivity index is 2.50. The standard InChI is InChI=1S/C12H24/c1-5-8-12(7-3)9-11(6-2)10(12)4/h10-11H,5-9H2,1-4H3. The van der Waals surface area contributed by atoms with Gasteiger partial charge in [-0.3, -0.25) is 0 Å². The quantitative estimate of drug-likeness (QED) is 0.588. The van der Waals surface area contributed by atoms with Crippen LogP contribution in [0.4, 0.5) is 0 Å². The molecule has 0 bridgehead atoms. The van der Waals surface area contributed by atoms with E-state index in [0.29, 0.717) is 0 Å². The topological polar surface area (TPSA) is 0 Å². The van der Waals surface area contributed by atoms with Gasteiger partial charge in [0, 0.05) is 0 Å². The summed E-state index contributed by atoms with van der Waals surface area (Å²) in [7, 11) is 0. The van der Waals surface area contributed by atoms with E-state index in [1.165, 1.54) is 32.1 Å². The molecule has 0 heterocycles. The van der Waals surface area contributed by atoms with Gasteiger partial charge in [-0.1, -0.05) is 47.0 Å². The average molecular weight is 168 g/mol. The molecule has 0 aromatic carbocycles. The van der Waals surface area contributed by atoms with Crippen LogP contribution in [0.1, 0.15) is 59.8 Å². The normalized spacial score (nSPS) is 41.0. The molecule has 72 valence electrons. The summed E-state index contributed by atoms with van der Waals surface area (Å²) in [5.41, 5.74) is 0.745. The smallest absolute Gasteiger partial charge is 0.0269 e. The van der Waals surface area contributed by atoms with Gasteiger partial charge in [-0.2, -0.15) is 0 Å². The van der Waals surface area contributed by atoms with Gasteiger partial charge in [0.15, 0.2) is 0 Å². The van der Waals surface area contributed by atoms with Crippen LogP contribution < -0.4 is 0 Å². The molecule has 0 aromatic rings. The summed E-state index contributed by atoms with van der Waals surface area (Å²) in [6.45, 7) is 9.50. The van der Waals surface area contributed by atoms with E-state index in [4.69, 9.17) is 0 Å². The van der Waals surface area contributed by atoms with Crippen LogP contribution in [0.5, 0.6) is 0 Å². The molecule has 3 atom stereocenters. The van der Waals surface area contributed by atoms with Crippen LogP contribution >= 0.6 is 0 Å². The lowest BCUT2D eigenvalue weighted by atomic mass is 9.51. The van der Waals surface area contributed by atoms with Crippen LogP contribution in [0.3, 0.4) is 0 Å². The van der Waals surface area contributed by atoms with Crippen molar-refractivity contribution in [2.45, 2.75) is 59.8 Å². The molecule has 0 aliphatic heterocycles. The SMILES string of the molecule is CCCC1(CC)CC(CC)C1C. The number of hydrogen-bond donors (Lipinski definition) is 0. The van der Waals surface area contributed by atoms with E-state index in [2.05, 4.69) is 27.7 Å². The number of rotatable bonds is 4. The van der Waals surface area contributed by atoms with Crippen molar-refractivity contribution in [1.82, 2.24) is 0 Å². The highest BCUT2D eigenvalue weighted by atomic mass is 14.5. The van der Waals surface area contributed by atoms with Gasteiger partial charge in [-0.15, -0.1) is 0 Å². The van der Waals surface area contributed by atoms with Crippen molar-refractivity contribution in [2.24, 2.45) is 17.3 Å². The van der Waals surface area contributed by atoms with Crippen molar-refractivity contribution in [2.75, 3.05) is 0 Å². The summed E-state index contributed by atoms with van der Waals surface area (Å²) in [6, 6.07) is 0. The molecule has 0 aromatic heterocycles.